The van der Waals surface area contributed by atoms with Gasteiger partial charge in [-0.05, 0) is 12.1 Å². The number of nitrogens with one attached hydrogen (secondary N) is 1. The molecule has 2 aliphatic heterocycles. The lowest BCUT2D eigenvalue weighted by atomic mass is 10.0. The quantitative estimate of drug-likeness (QED) is 0.826. The number of benzene rings is 1. The lowest BCUT2D eigenvalue weighted by molar-refractivity contribution is 0.174. The Kier molecular flexibility index (Phi) is 2.36. The highest BCUT2D eigenvalue weighted by Crippen LogP contribution is 2.35. The molecule has 1 aromatic rings. The molecule has 2 heterocycles. The third-order valence-corrected chi connectivity index (χ3v) is 3.20. The molecule has 0 saturated carbocycles. The molecular formula is C12H16N2O2. The largest absolute Gasteiger partial charge is 0.454 e. The van der Waals surface area contributed by atoms with Crippen molar-refractivity contribution in [1.82, 2.24) is 5.32 Å². The van der Waals surface area contributed by atoms with Gasteiger partial charge in [-0.2, -0.15) is 0 Å². The normalized spacial score (nSPS) is 18.3. The fourth-order valence-electron chi connectivity index (χ4n) is 2.09. The van der Waals surface area contributed by atoms with Crippen molar-refractivity contribution in [3.8, 4) is 11.5 Å². The predicted octanol–water partition coefficient (Wildman–Crippen LogP) is 1.07. The molecule has 16 heavy (non-hydrogen) atoms. The minimum absolute atomic E-state index is 0.342. The average molecular weight is 220 g/mol. The molecule has 4 heteroatoms. The average Bonchev–Trinajstić information content (AvgIpc) is 2.69. The second-order valence-electron chi connectivity index (χ2n) is 4.44. The van der Waals surface area contributed by atoms with Gasteiger partial charge in [0.1, 0.15) is 0 Å². The number of anilines is 1. The Morgan fingerprint density at radius 1 is 1.31 bits per heavy atom. The van der Waals surface area contributed by atoms with Crippen LogP contribution >= 0.6 is 0 Å². The van der Waals surface area contributed by atoms with E-state index in [1.54, 1.807) is 0 Å². The highest BCUT2D eigenvalue weighted by atomic mass is 16.7. The van der Waals surface area contributed by atoms with Crippen LogP contribution in [0.15, 0.2) is 18.2 Å². The summed E-state index contributed by atoms with van der Waals surface area (Å²) in [7, 11) is 2.12. The van der Waals surface area contributed by atoms with Gasteiger partial charge in [0.2, 0.25) is 6.79 Å². The molecule has 0 aromatic heterocycles. The Hall–Kier alpha value is -1.42. The molecule has 0 amide bonds. The van der Waals surface area contributed by atoms with Crippen LogP contribution in [0.4, 0.5) is 5.69 Å². The van der Waals surface area contributed by atoms with Gasteiger partial charge < -0.3 is 19.7 Å². The summed E-state index contributed by atoms with van der Waals surface area (Å²) in [6, 6.07) is 6.11. The van der Waals surface area contributed by atoms with E-state index in [4.69, 9.17) is 9.47 Å². The van der Waals surface area contributed by atoms with E-state index < -0.39 is 0 Å². The van der Waals surface area contributed by atoms with E-state index in [1.165, 1.54) is 5.69 Å². The Morgan fingerprint density at radius 3 is 2.88 bits per heavy atom. The van der Waals surface area contributed by atoms with Crippen LogP contribution in [0.1, 0.15) is 0 Å². The summed E-state index contributed by atoms with van der Waals surface area (Å²) in [4.78, 5) is 2.27. The van der Waals surface area contributed by atoms with Crippen LogP contribution in [0, 0.1) is 5.92 Å². The minimum atomic E-state index is 0.342. The first kappa shape index (κ1) is 9.78. The van der Waals surface area contributed by atoms with Crippen LogP contribution in [0.25, 0.3) is 0 Å². The van der Waals surface area contributed by atoms with E-state index in [2.05, 4.69) is 29.4 Å². The van der Waals surface area contributed by atoms with E-state index in [9.17, 15) is 0 Å². The van der Waals surface area contributed by atoms with Crippen LogP contribution in [0.3, 0.4) is 0 Å². The molecular weight excluding hydrogens is 204 g/mol. The Morgan fingerprint density at radius 2 is 2.12 bits per heavy atom. The van der Waals surface area contributed by atoms with Crippen molar-refractivity contribution in [1.29, 1.82) is 0 Å². The van der Waals surface area contributed by atoms with Crippen LogP contribution in [0.5, 0.6) is 11.5 Å². The van der Waals surface area contributed by atoms with Gasteiger partial charge in [0.15, 0.2) is 11.5 Å². The SMILES string of the molecule is CN(CC1CNC1)c1ccc2c(c1)OCO2. The molecule has 1 fully saturated rings. The number of hydrogen-bond acceptors (Lipinski definition) is 4. The van der Waals surface area contributed by atoms with Gasteiger partial charge >= 0.3 is 0 Å². The molecule has 4 nitrogen and oxygen atoms in total. The maximum absolute atomic E-state index is 5.37. The third-order valence-electron chi connectivity index (χ3n) is 3.20. The van der Waals surface area contributed by atoms with E-state index in [0.29, 0.717) is 6.79 Å². The van der Waals surface area contributed by atoms with Crippen molar-refractivity contribution in [3.05, 3.63) is 18.2 Å². The summed E-state index contributed by atoms with van der Waals surface area (Å²) < 4.78 is 10.7. The number of rotatable bonds is 3. The zero-order valence-electron chi connectivity index (χ0n) is 9.40. The number of ether oxygens (including phenoxy) is 2. The Labute approximate surface area is 95.1 Å². The summed E-state index contributed by atoms with van der Waals surface area (Å²) in [6.07, 6.45) is 0. The molecule has 0 radical (unpaired) electrons. The Balaban J connectivity index is 1.72. The first-order chi connectivity index (χ1) is 7.83. The van der Waals surface area contributed by atoms with Crippen LogP contribution in [0.2, 0.25) is 0 Å². The lowest BCUT2D eigenvalue weighted by Gasteiger charge is -2.32. The molecule has 0 aliphatic carbocycles. The maximum Gasteiger partial charge on any atom is 0.231 e. The molecule has 3 rings (SSSR count). The van der Waals surface area contributed by atoms with Crippen molar-refractivity contribution >= 4 is 5.69 Å². The first-order valence-electron chi connectivity index (χ1n) is 5.64. The van der Waals surface area contributed by atoms with Gasteiger partial charge in [-0.3, -0.25) is 0 Å². The summed E-state index contributed by atoms with van der Waals surface area (Å²) in [5, 5.41) is 3.29. The van der Waals surface area contributed by atoms with Gasteiger partial charge in [0, 0.05) is 44.4 Å². The van der Waals surface area contributed by atoms with E-state index in [1.807, 2.05) is 6.07 Å². The van der Waals surface area contributed by atoms with Crippen molar-refractivity contribution in [2.24, 2.45) is 5.92 Å². The second-order valence-corrected chi connectivity index (χ2v) is 4.44. The standard InChI is InChI=1S/C12H16N2O2/c1-14(7-9-5-13-6-9)10-2-3-11-12(4-10)16-8-15-11/h2-4,9,13H,5-8H2,1H3. The third kappa shape index (κ3) is 1.69. The minimum Gasteiger partial charge on any atom is -0.454 e. The molecule has 0 bridgehead atoms. The smallest absolute Gasteiger partial charge is 0.231 e. The topological polar surface area (TPSA) is 33.7 Å². The number of hydrogen-bond donors (Lipinski definition) is 1. The van der Waals surface area contributed by atoms with E-state index in [0.717, 1.165) is 37.1 Å². The molecule has 1 N–H and O–H groups in total. The van der Waals surface area contributed by atoms with Crippen LogP contribution < -0.4 is 19.7 Å². The predicted molar refractivity (Wildman–Crippen MR) is 62.2 cm³/mol. The van der Waals surface area contributed by atoms with Crippen molar-refractivity contribution in [2.75, 3.05) is 38.4 Å². The van der Waals surface area contributed by atoms with Crippen LogP contribution in [-0.2, 0) is 0 Å². The van der Waals surface area contributed by atoms with Gasteiger partial charge in [-0.1, -0.05) is 0 Å². The fraction of sp³-hybridized carbons (Fsp3) is 0.500. The molecule has 0 atom stereocenters. The van der Waals surface area contributed by atoms with Crippen molar-refractivity contribution in [2.45, 2.75) is 0 Å². The zero-order chi connectivity index (χ0) is 11.0. The summed E-state index contributed by atoms with van der Waals surface area (Å²) in [6.45, 7) is 3.70. The van der Waals surface area contributed by atoms with Gasteiger partial charge in [0.05, 0.1) is 0 Å². The highest BCUT2D eigenvalue weighted by molar-refractivity contribution is 5.56. The number of fused-ring (bicyclic) bond motifs is 1. The number of nitrogens with zero attached hydrogens (tertiary/aromatic N) is 1. The first-order valence-corrected chi connectivity index (χ1v) is 5.64. The Bertz CT molecular complexity index is 391. The summed E-state index contributed by atoms with van der Waals surface area (Å²) in [5.74, 6) is 2.48. The maximum atomic E-state index is 5.37. The van der Waals surface area contributed by atoms with Gasteiger partial charge in [0.25, 0.3) is 0 Å². The monoisotopic (exact) mass is 220 g/mol. The van der Waals surface area contributed by atoms with Crippen molar-refractivity contribution in [3.63, 3.8) is 0 Å². The lowest BCUT2D eigenvalue weighted by Crippen LogP contribution is -2.47. The highest BCUT2D eigenvalue weighted by Gasteiger charge is 2.20. The molecule has 2 aliphatic rings. The molecule has 1 aromatic carbocycles. The molecule has 86 valence electrons. The van der Waals surface area contributed by atoms with Crippen molar-refractivity contribution < 1.29 is 9.47 Å². The molecule has 0 unspecified atom stereocenters. The molecule has 0 spiro atoms. The summed E-state index contributed by atoms with van der Waals surface area (Å²) in [5.41, 5.74) is 1.19. The van der Waals surface area contributed by atoms with E-state index >= 15 is 0 Å². The van der Waals surface area contributed by atoms with Gasteiger partial charge in [-0.25, -0.2) is 0 Å². The zero-order valence-corrected chi connectivity index (χ0v) is 9.40. The molecule has 1 saturated heterocycles. The second kappa shape index (κ2) is 3.87. The van der Waals surface area contributed by atoms with Gasteiger partial charge in [-0.15, -0.1) is 0 Å². The fourth-order valence-corrected chi connectivity index (χ4v) is 2.09. The van der Waals surface area contributed by atoms with Crippen LogP contribution in [-0.4, -0.2) is 33.5 Å². The summed E-state index contributed by atoms with van der Waals surface area (Å²) >= 11 is 0. The van der Waals surface area contributed by atoms with E-state index in [-0.39, 0.29) is 0 Å².